The topological polar surface area (TPSA) is 346 Å². The molecule has 0 aromatic rings. The molecular weight excluding hydrogens is 1160 g/mol. The number of hydrogen-bond donors (Lipinski definition) is 9. The van der Waals surface area contributed by atoms with Crippen molar-refractivity contribution in [3.05, 3.63) is 5.73 Å². The van der Waals surface area contributed by atoms with E-state index < -0.39 is 53.2 Å². The Hall–Kier alpha value is -3.32. The molecule has 0 aliphatic heterocycles. The second-order valence-corrected chi connectivity index (χ2v) is 24.0. The summed E-state index contributed by atoms with van der Waals surface area (Å²) >= 11 is 0. The predicted molar refractivity (Wildman–Crippen MR) is 320 cm³/mol. The summed E-state index contributed by atoms with van der Waals surface area (Å²) in [5, 5.41) is 45.2. The van der Waals surface area contributed by atoms with Gasteiger partial charge in [-0.05, 0) is 78.6 Å². The molecule has 0 aromatic heterocycles. The molecule has 0 heterocycles. The van der Waals surface area contributed by atoms with Crippen LogP contribution in [0.2, 0.25) is 0 Å². The van der Waals surface area contributed by atoms with Crippen LogP contribution < -0.4 is 31.9 Å². The molecule has 0 fully saturated rings. The Bertz CT molecular complexity index is 1940. The number of unbranched alkanes of at least 4 members (excludes halogenated alkanes) is 16. The Morgan fingerprint density at radius 2 is 1.05 bits per heavy atom. The van der Waals surface area contributed by atoms with Gasteiger partial charge in [0.1, 0.15) is 24.0 Å². The van der Waals surface area contributed by atoms with Crippen LogP contribution >= 0.6 is 0 Å². The van der Waals surface area contributed by atoms with E-state index in [-0.39, 0.29) is 183 Å². The van der Waals surface area contributed by atoms with E-state index in [1.807, 2.05) is 13.8 Å². The van der Waals surface area contributed by atoms with E-state index in [1.165, 1.54) is 78.6 Å². The predicted octanol–water partition coefficient (Wildman–Crippen LogP) is 6.33. The summed E-state index contributed by atoms with van der Waals surface area (Å²) in [6, 6.07) is -1.74. The monoisotopic (exact) mass is 1270 g/mol. The molecule has 2 amide bonds. The number of aliphatic hydroxyl groups is 1. The third kappa shape index (κ3) is 43.3. The number of ether oxygens (including phenoxy) is 2. The molecule has 0 saturated carbocycles. The maximum atomic E-state index is 13.8. The van der Waals surface area contributed by atoms with Crippen molar-refractivity contribution < 1.29 is 105 Å². The molecule has 0 aliphatic rings. The maximum Gasteiger partial charge on any atom is 0.306 e. The molecule has 1 radical (unpaired) electrons. The van der Waals surface area contributed by atoms with E-state index in [0.29, 0.717) is 25.7 Å². The first-order valence-corrected chi connectivity index (χ1v) is 30.8. The summed E-state index contributed by atoms with van der Waals surface area (Å²) in [5.41, 5.74) is 4.39. The molecule has 0 aromatic carbocycles. The average molecular weight is 1270 g/mol. The Balaban J connectivity index is 0. The van der Waals surface area contributed by atoms with E-state index in [0.717, 1.165) is 44.9 Å². The van der Waals surface area contributed by atoms with Gasteiger partial charge in [-0.25, -0.2) is 0 Å². The molecule has 0 rings (SSSR count). The molecule has 23 heteroatoms. The van der Waals surface area contributed by atoms with Crippen molar-refractivity contribution in [3.63, 3.8) is 0 Å². The second kappa shape index (κ2) is 48.7. The molecule has 0 aliphatic carbocycles. The quantitative estimate of drug-likeness (QED) is 0.0300. The second-order valence-electron chi connectivity index (χ2n) is 24.0. The molecule has 0 bridgehead atoms. The number of carbonyl (C=O) groups excluding carboxylic acids is 8. The van der Waals surface area contributed by atoms with Gasteiger partial charge in [-0.1, -0.05) is 123 Å². The van der Waals surface area contributed by atoms with Crippen molar-refractivity contribution in [2.75, 3.05) is 72.3 Å². The molecule has 0 spiro atoms. The molecule has 483 valence electrons. The van der Waals surface area contributed by atoms with Gasteiger partial charge in [0.2, 0.25) is 11.8 Å². The fourth-order valence-electron chi connectivity index (χ4n) is 9.25. The minimum absolute atomic E-state index is 0. The van der Waals surface area contributed by atoms with Gasteiger partial charge in [-0.3, -0.25) is 63.9 Å². The minimum Gasteiger partial charge on any atom is -0.666 e. The van der Waals surface area contributed by atoms with Crippen molar-refractivity contribution in [2.24, 2.45) is 11.8 Å². The number of carbonyl (C=O) groups is 10. The van der Waals surface area contributed by atoms with Gasteiger partial charge in [0, 0.05) is 71.5 Å². The first kappa shape index (κ1) is 82.7. The van der Waals surface area contributed by atoms with Crippen LogP contribution in [0.5, 0.6) is 0 Å². The molecular formula is C61H110N7O15Y-. The molecule has 0 saturated heterocycles. The summed E-state index contributed by atoms with van der Waals surface area (Å²) in [4.78, 5) is 125. The summed E-state index contributed by atoms with van der Waals surface area (Å²) < 4.78 is 10.9. The summed E-state index contributed by atoms with van der Waals surface area (Å²) in [6.07, 6.45) is 19.9. The van der Waals surface area contributed by atoms with Crippen LogP contribution in [-0.4, -0.2) is 175 Å². The first-order chi connectivity index (χ1) is 39.1. The standard InChI is InChI=1S/C61H110N7O15.Y/c1-45(2)38-61(8,68-42-52(73)59(4,5)62)54(75)41-65-49(51(72)39-67-60(6,7)53(74)40-66-50(43-69)46(3)70)28-25-26-32-63-56(77)44-83-36-35-82-34-33-64-55(76)31-30-47(58(80)81)37-48(71)27-23-21-19-17-15-13-11-9-10-12-14-16-18-20-22-24-29-57(78)79;/h45,47,49-50,62,65-69H,9-44H2,1-8H3,(H,63,77)(H,64,76)(H,78,79)(H,80,81);/q-1;/t47-,49+,50+,61+;/m1./s1. The van der Waals surface area contributed by atoms with Crippen LogP contribution in [0.25, 0.3) is 5.73 Å². The number of amides is 2. The van der Waals surface area contributed by atoms with Gasteiger partial charge >= 0.3 is 11.9 Å². The molecule has 22 nitrogen and oxygen atoms in total. The van der Waals surface area contributed by atoms with Crippen LogP contribution in [-0.2, 0) is 90.1 Å². The minimum atomic E-state index is -1.35. The maximum absolute atomic E-state index is 13.8. The van der Waals surface area contributed by atoms with Crippen molar-refractivity contribution in [2.45, 2.75) is 245 Å². The Morgan fingerprint density at radius 1 is 0.536 bits per heavy atom. The van der Waals surface area contributed by atoms with Gasteiger partial charge in [-0.15, -0.1) is 0 Å². The van der Waals surface area contributed by atoms with E-state index in [4.69, 9.17) is 20.3 Å². The zero-order chi connectivity index (χ0) is 62.7. The van der Waals surface area contributed by atoms with E-state index in [2.05, 4.69) is 31.9 Å². The van der Waals surface area contributed by atoms with Gasteiger partial charge in [0.15, 0.2) is 17.3 Å². The number of aliphatic hydroxyl groups excluding tert-OH is 1. The van der Waals surface area contributed by atoms with Gasteiger partial charge in [0.05, 0.1) is 81.7 Å². The van der Waals surface area contributed by atoms with Gasteiger partial charge < -0.3 is 46.5 Å². The van der Waals surface area contributed by atoms with Crippen LogP contribution in [0, 0.1) is 11.8 Å². The number of hydrogen-bond acceptors (Lipinski definition) is 17. The summed E-state index contributed by atoms with van der Waals surface area (Å²) in [5.74, 6) is -5.15. The van der Waals surface area contributed by atoms with Gasteiger partial charge in [0.25, 0.3) is 0 Å². The van der Waals surface area contributed by atoms with Crippen LogP contribution in [0.1, 0.15) is 216 Å². The average Bonchev–Trinajstić information content (AvgIpc) is 3.54. The first-order valence-electron chi connectivity index (χ1n) is 30.8. The van der Waals surface area contributed by atoms with Crippen molar-refractivity contribution >= 4 is 58.5 Å². The van der Waals surface area contributed by atoms with E-state index in [9.17, 15) is 58.2 Å². The van der Waals surface area contributed by atoms with E-state index >= 15 is 0 Å². The van der Waals surface area contributed by atoms with Crippen LogP contribution in [0.15, 0.2) is 0 Å². The fourth-order valence-corrected chi connectivity index (χ4v) is 9.25. The van der Waals surface area contributed by atoms with Crippen molar-refractivity contribution in [3.8, 4) is 0 Å². The van der Waals surface area contributed by atoms with Crippen molar-refractivity contribution in [1.82, 2.24) is 31.9 Å². The number of rotatable bonds is 58. The zero-order valence-electron chi connectivity index (χ0n) is 52.6. The Morgan fingerprint density at radius 3 is 1.56 bits per heavy atom. The smallest absolute Gasteiger partial charge is 0.306 e. The number of carboxylic acid groups (broad SMARTS) is 2. The Labute approximate surface area is 527 Å². The van der Waals surface area contributed by atoms with Crippen LogP contribution in [0.4, 0.5) is 0 Å². The third-order valence-corrected chi connectivity index (χ3v) is 14.8. The number of nitrogens with one attached hydrogen (secondary N) is 7. The zero-order valence-corrected chi connectivity index (χ0v) is 55.4. The van der Waals surface area contributed by atoms with Gasteiger partial charge in [-0.2, -0.15) is 0 Å². The Kier molecular flexibility index (Phi) is 47.9. The number of aliphatic carboxylic acids is 2. The molecule has 84 heavy (non-hydrogen) atoms. The molecule has 10 N–H and O–H groups in total. The fraction of sp³-hybridized carbons (Fsp3) is 0.836. The van der Waals surface area contributed by atoms with Crippen molar-refractivity contribution in [1.29, 1.82) is 0 Å². The normalized spacial score (nSPS) is 13.5. The SMILES string of the molecule is CC(=O)[C@H](CO)NCC(=O)C(C)(C)NCC(=O)[C@H](CCCCNC(=O)COCCOCCNC(=O)CC[C@H](CC(=O)CCCCCCCCCCCCCCCCCCC(=O)O)C(=O)O)NCC(=O)[C@](C)(CC(C)C)NCC(=O)C(C)(C)[NH-].[Y]. The number of Topliss-reactive ketones (excluding diaryl/α,β-unsaturated/α-hetero) is 6. The largest absolute Gasteiger partial charge is 0.666 e. The molecule has 0 unspecified atom stereocenters. The third-order valence-electron chi connectivity index (χ3n) is 14.8. The van der Waals surface area contributed by atoms with Crippen LogP contribution in [0.3, 0.4) is 0 Å². The number of carboxylic acids is 2. The summed E-state index contributed by atoms with van der Waals surface area (Å²) in [6.45, 7) is 12.3. The summed E-state index contributed by atoms with van der Waals surface area (Å²) in [7, 11) is 0. The molecule has 4 atom stereocenters. The number of ketones is 6. The van der Waals surface area contributed by atoms with E-state index in [1.54, 1.807) is 20.8 Å².